The van der Waals surface area contributed by atoms with Gasteiger partial charge in [-0.2, -0.15) is 0 Å². The highest BCUT2D eigenvalue weighted by molar-refractivity contribution is 6.20. The molecule has 1 rings (SSSR count). The van der Waals surface area contributed by atoms with E-state index < -0.39 is 0 Å². The Balaban J connectivity index is 2.94. The summed E-state index contributed by atoms with van der Waals surface area (Å²) in [6.45, 7) is 2.08. The van der Waals surface area contributed by atoms with Crippen LogP contribution in [0.5, 0.6) is 0 Å². The predicted octanol–water partition coefficient (Wildman–Crippen LogP) is 2.79. The molecular formula is C10H14ClN. The summed E-state index contributed by atoms with van der Waals surface area (Å²) in [5, 5.41) is 0. The van der Waals surface area contributed by atoms with E-state index >= 15 is 0 Å². The molecule has 0 amide bonds. The van der Waals surface area contributed by atoms with Gasteiger partial charge in [-0.1, -0.05) is 24.3 Å². The zero-order valence-corrected chi connectivity index (χ0v) is 8.47. The van der Waals surface area contributed by atoms with Crippen LogP contribution in [0.25, 0.3) is 0 Å². The first kappa shape index (κ1) is 9.56. The first-order chi connectivity index (χ1) is 5.63. The molecule has 0 aromatic heterocycles. The highest BCUT2D eigenvalue weighted by Crippen LogP contribution is 2.24. The molecule has 0 aliphatic rings. The second-order valence-corrected chi connectivity index (χ2v) is 3.57. The number of rotatable bonds is 2. The third-order valence-corrected chi connectivity index (χ3v) is 2.52. The van der Waals surface area contributed by atoms with Crippen molar-refractivity contribution < 1.29 is 0 Å². The monoisotopic (exact) mass is 183 g/mol. The molecule has 1 nitrogen and oxygen atoms in total. The van der Waals surface area contributed by atoms with E-state index in [-0.39, 0.29) is 5.50 Å². The van der Waals surface area contributed by atoms with Crippen LogP contribution in [-0.4, -0.2) is 19.0 Å². The van der Waals surface area contributed by atoms with E-state index in [0.717, 1.165) is 0 Å². The van der Waals surface area contributed by atoms with Gasteiger partial charge in [-0.15, -0.1) is 11.6 Å². The topological polar surface area (TPSA) is 3.24 Å². The fraction of sp³-hybridized carbons (Fsp3) is 0.400. The van der Waals surface area contributed by atoms with E-state index in [1.165, 1.54) is 11.1 Å². The maximum Gasteiger partial charge on any atom is 0.110 e. The summed E-state index contributed by atoms with van der Waals surface area (Å²) in [4.78, 5) is 1.99. The first-order valence-electron chi connectivity index (χ1n) is 3.99. The summed E-state index contributed by atoms with van der Waals surface area (Å²) in [6, 6.07) is 8.18. The van der Waals surface area contributed by atoms with E-state index in [1.807, 2.05) is 31.1 Å². The number of alkyl halides is 1. The van der Waals surface area contributed by atoms with Crippen molar-refractivity contribution in [1.82, 2.24) is 4.90 Å². The van der Waals surface area contributed by atoms with Crippen molar-refractivity contribution in [1.29, 1.82) is 0 Å². The van der Waals surface area contributed by atoms with Crippen LogP contribution in [0.15, 0.2) is 24.3 Å². The van der Waals surface area contributed by atoms with Gasteiger partial charge in [0.15, 0.2) is 0 Å². The van der Waals surface area contributed by atoms with Crippen LogP contribution < -0.4 is 0 Å². The molecule has 0 N–H and O–H groups in total. The lowest BCUT2D eigenvalue weighted by Gasteiger charge is -2.19. The molecule has 0 radical (unpaired) electrons. The Hall–Kier alpha value is -0.530. The fourth-order valence-corrected chi connectivity index (χ4v) is 1.38. The maximum absolute atomic E-state index is 6.17. The standard InChI is InChI=1S/C10H14ClN/c1-8-6-4-5-7-9(8)10(11)12(2)3/h4-7,10H,1-3H3. The molecular weight excluding hydrogens is 170 g/mol. The van der Waals surface area contributed by atoms with Crippen LogP contribution in [-0.2, 0) is 0 Å². The Bertz CT molecular complexity index is 258. The second kappa shape index (κ2) is 3.92. The zero-order chi connectivity index (χ0) is 9.14. The Morgan fingerprint density at radius 2 is 1.83 bits per heavy atom. The van der Waals surface area contributed by atoms with E-state index in [9.17, 15) is 0 Å². The van der Waals surface area contributed by atoms with Crippen LogP contribution in [0.3, 0.4) is 0 Å². The summed E-state index contributed by atoms with van der Waals surface area (Å²) < 4.78 is 0. The molecule has 0 bridgehead atoms. The fourth-order valence-electron chi connectivity index (χ4n) is 1.13. The SMILES string of the molecule is Cc1ccccc1C(Cl)N(C)C. The molecule has 12 heavy (non-hydrogen) atoms. The normalized spacial score (nSPS) is 13.4. The van der Waals surface area contributed by atoms with E-state index in [0.29, 0.717) is 0 Å². The molecule has 1 aromatic rings. The van der Waals surface area contributed by atoms with Crippen LogP contribution in [0.4, 0.5) is 0 Å². The molecule has 0 saturated carbocycles. The summed E-state index contributed by atoms with van der Waals surface area (Å²) in [5.41, 5.74) is 2.40. The molecule has 0 aliphatic carbocycles. The molecule has 0 fully saturated rings. The quantitative estimate of drug-likeness (QED) is 0.504. The number of halogens is 1. The number of aryl methyl sites for hydroxylation is 1. The average molecular weight is 184 g/mol. The van der Waals surface area contributed by atoms with Gasteiger partial charge in [-0.25, -0.2) is 0 Å². The van der Waals surface area contributed by atoms with Gasteiger partial charge in [-0.05, 0) is 32.1 Å². The lowest BCUT2D eigenvalue weighted by Crippen LogP contribution is -2.15. The van der Waals surface area contributed by atoms with Gasteiger partial charge < -0.3 is 0 Å². The van der Waals surface area contributed by atoms with Crippen molar-refractivity contribution in [3.63, 3.8) is 0 Å². The van der Waals surface area contributed by atoms with Gasteiger partial charge in [0.1, 0.15) is 5.50 Å². The molecule has 0 spiro atoms. The van der Waals surface area contributed by atoms with E-state index in [2.05, 4.69) is 19.1 Å². The highest BCUT2D eigenvalue weighted by atomic mass is 35.5. The minimum Gasteiger partial charge on any atom is -0.290 e. The second-order valence-electron chi connectivity index (χ2n) is 3.16. The Morgan fingerprint density at radius 1 is 1.25 bits per heavy atom. The summed E-state index contributed by atoms with van der Waals surface area (Å²) in [6.07, 6.45) is 0. The maximum atomic E-state index is 6.17. The Kier molecular flexibility index (Phi) is 3.12. The summed E-state index contributed by atoms with van der Waals surface area (Å²) in [5.74, 6) is 0. The number of nitrogens with zero attached hydrogens (tertiary/aromatic N) is 1. The van der Waals surface area contributed by atoms with Crippen LogP contribution in [0, 0.1) is 6.92 Å². The summed E-state index contributed by atoms with van der Waals surface area (Å²) >= 11 is 6.17. The number of benzene rings is 1. The highest BCUT2D eigenvalue weighted by Gasteiger charge is 2.10. The first-order valence-corrected chi connectivity index (χ1v) is 4.42. The molecule has 0 heterocycles. The largest absolute Gasteiger partial charge is 0.290 e. The molecule has 2 heteroatoms. The molecule has 1 aromatic carbocycles. The summed E-state index contributed by atoms with van der Waals surface area (Å²) in [7, 11) is 3.95. The minimum atomic E-state index is -0.0220. The lowest BCUT2D eigenvalue weighted by molar-refractivity contribution is 0.383. The van der Waals surface area contributed by atoms with Crippen LogP contribution in [0.1, 0.15) is 16.6 Å². The predicted molar refractivity (Wildman–Crippen MR) is 53.5 cm³/mol. The van der Waals surface area contributed by atoms with Crippen molar-refractivity contribution in [3.05, 3.63) is 35.4 Å². The van der Waals surface area contributed by atoms with E-state index in [1.54, 1.807) is 0 Å². The van der Waals surface area contributed by atoms with Gasteiger partial charge >= 0.3 is 0 Å². The minimum absolute atomic E-state index is 0.0220. The van der Waals surface area contributed by atoms with E-state index in [4.69, 9.17) is 11.6 Å². The average Bonchev–Trinajstić information content (AvgIpc) is 2.04. The van der Waals surface area contributed by atoms with Crippen molar-refractivity contribution in [2.45, 2.75) is 12.4 Å². The third kappa shape index (κ3) is 1.99. The van der Waals surface area contributed by atoms with Crippen molar-refractivity contribution in [3.8, 4) is 0 Å². The number of hydrogen-bond donors (Lipinski definition) is 0. The molecule has 66 valence electrons. The Morgan fingerprint density at radius 3 is 2.33 bits per heavy atom. The number of hydrogen-bond acceptors (Lipinski definition) is 1. The van der Waals surface area contributed by atoms with Crippen molar-refractivity contribution in [2.75, 3.05) is 14.1 Å². The van der Waals surface area contributed by atoms with Crippen LogP contribution in [0.2, 0.25) is 0 Å². The molecule has 1 unspecified atom stereocenters. The van der Waals surface area contributed by atoms with Gasteiger partial charge in [0, 0.05) is 0 Å². The van der Waals surface area contributed by atoms with Gasteiger partial charge in [0.25, 0.3) is 0 Å². The molecule has 0 aliphatic heterocycles. The third-order valence-electron chi connectivity index (χ3n) is 1.90. The smallest absolute Gasteiger partial charge is 0.110 e. The zero-order valence-electron chi connectivity index (χ0n) is 7.71. The van der Waals surface area contributed by atoms with Crippen molar-refractivity contribution >= 4 is 11.6 Å². The van der Waals surface area contributed by atoms with Gasteiger partial charge in [0.2, 0.25) is 0 Å². The van der Waals surface area contributed by atoms with Crippen molar-refractivity contribution in [2.24, 2.45) is 0 Å². The van der Waals surface area contributed by atoms with Gasteiger partial charge in [0.05, 0.1) is 0 Å². The Labute approximate surface area is 79.0 Å². The molecule has 0 saturated heterocycles. The van der Waals surface area contributed by atoms with Crippen LogP contribution >= 0.6 is 11.6 Å². The molecule has 1 atom stereocenters. The van der Waals surface area contributed by atoms with Gasteiger partial charge in [-0.3, -0.25) is 4.90 Å². The lowest BCUT2D eigenvalue weighted by atomic mass is 10.1.